The predicted molar refractivity (Wildman–Crippen MR) is 131 cm³/mol. The van der Waals surface area contributed by atoms with E-state index in [2.05, 4.69) is 10.6 Å². The Morgan fingerprint density at radius 1 is 0.861 bits per heavy atom. The number of nitrogens with one attached hydrogen (secondary N) is 4. The lowest BCUT2D eigenvalue weighted by atomic mass is 9.95. The molecule has 0 bridgehead atoms. The molecule has 8 nitrogen and oxygen atoms in total. The predicted octanol–water partition coefficient (Wildman–Crippen LogP) is 4.27. The van der Waals surface area contributed by atoms with Crippen molar-refractivity contribution >= 4 is 50.4 Å². The fourth-order valence-corrected chi connectivity index (χ4v) is 4.68. The second kappa shape index (κ2) is 9.88. The molecule has 1 aliphatic rings. The van der Waals surface area contributed by atoms with Crippen molar-refractivity contribution in [1.29, 1.82) is 5.41 Å². The maximum absolute atomic E-state index is 13.9. The number of sulfonamides is 1. The van der Waals surface area contributed by atoms with Crippen molar-refractivity contribution < 1.29 is 26.8 Å². The number of ketones is 2. The summed E-state index contributed by atoms with van der Waals surface area (Å²) in [5.41, 5.74) is 0.00551. The molecule has 3 aromatic carbocycles. The van der Waals surface area contributed by atoms with Crippen molar-refractivity contribution in [2.45, 2.75) is 4.90 Å². The van der Waals surface area contributed by atoms with Crippen LogP contribution in [0, 0.1) is 17.0 Å². The number of carbonyl (C=O) groups is 2. The van der Waals surface area contributed by atoms with Crippen LogP contribution in [0.4, 0.5) is 20.2 Å². The van der Waals surface area contributed by atoms with Gasteiger partial charge in [-0.25, -0.2) is 17.2 Å². The Bertz CT molecular complexity index is 1510. The lowest BCUT2D eigenvalue weighted by molar-refractivity contribution is 0.0960. The Morgan fingerprint density at radius 2 is 1.44 bits per heavy atom. The number of amidine groups is 1. The molecule has 0 spiro atoms. The van der Waals surface area contributed by atoms with Crippen molar-refractivity contribution in [3.63, 3.8) is 0 Å². The normalized spacial score (nSPS) is 12.2. The van der Waals surface area contributed by atoms with Gasteiger partial charge in [0.25, 0.3) is 10.0 Å². The first-order valence-electron chi connectivity index (χ1n) is 10.3. The van der Waals surface area contributed by atoms with Crippen LogP contribution >= 0.6 is 11.6 Å². The van der Waals surface area contributed by atoms with Gasteiger partial charge < -0.3 is 10.6 Å². The van der Waals surface area contributed by atoms with Crippen molar-refractivity contribution in [3.05, 3.63) is 101 Å². The summed E-state index contributed by atoms with van der Waals surface area (Å²) >= 11 is 5.48. The quantitative estimate of drug-likeness (QED) is 0.0687. The highest BCUT2D eigenvalue weighted by atomic mass is 35.5. The van der Waals surface area contributed by atoms with Gasteiger partial charge in [-0.1, -0.05) is 24.3 Å². The standard InChI is InChI=1S/C24H17ClF2N4O4S/c25-12-20(28)31-36(34,35)17-5-3-4-13(10-17)22(32)21(23(33)14-8-15(26)11-16(27)9-14)24-29-18-6-1-2-7-19(18)30-24/h1-11,29-30H,12H2,(H2,28,31). The SMILES string of the molecule is N=C(CCl)NS(=O)(=O)c1cccc(C(=O)C(C(=O)c2cc(F)cc(F)c2)=C2Nc3ccccc3N2)c1. The zero-order valence-corrected chi connectivity index (χ0v) is 19.8. The van der Waals surface area contributed by atoms with Gasteiger partial charge >= 0.3 is 0 Å². The highest BCUT2D eigenvalue weighted by molar-refractivity contribution is 7.90. The summed E-state index contributed by atoms with van der Waals surface area (Å²) in [6, 6.07) is 13.8. The average Bonchev–Trinajstić information content (AvgIpc) is 3.26. The third-order valence-electron chi connectivity index (χ3n) is 5.07. The van der Waals surface area contributed by atoms with Crippen LogP contribution in [0.25, 0.3) is 0 Å². The van der Waals surface area contributed by atoms with E-state index in [1.54, 1.807) is 24.3 Å². The molecule has 1 heterocycles. The monoisotopic (exact) mass is 530 g/mol. The Labute approximate surface area is 209 Å². The zero-order valence-electron chi connectivity index (χ0n) is 18.2. The molecule has 12 heteroatoms. The van der Waals surface area contributed by atoms with E-state index in [-0.39, 0.29) is 22.2 Å². The van der Waals surface area contributed by atoms with E-state index in [9.17, 15) is 26.8 Å². The number of anilines is 2. The van der Waals surface area contributed by atoms with E-state index in [0.717, 1.165) is 18.2 Å². The average molecular weight is 531 g/mol. The van der Waals surface area contributed by atoms with Gasteiger partial charge in [0.1, 0.15) is 28.9 Å². The number of para-hydroxylation sites is 2. The van der Waals surface area contributed by atoms with E-state index in [1.807, 2.05) is 4.72 Å². The van der Waals surface area contributed by atoms with Gasteiger partial charge in [0, 0.05) is 17.2 Å². The van der Waals surface area contributed by atoms with Crippen molar-refractivity contribution in [2.75, 3.05) is 16.5 Å². The molecule has 3 aromatic rings. The number of allylic oxidation sites excluding steroid dienone is 1. The first-order valence-corrected chi connectivity index (χ1v) is 12.3. The molecule has 0 aromatic heterocycles. The Kier molecular flexibility index (Phi) is 6.86. The van der Waals surface area contributed by atoms with E-state index in [4.69, 9.17) is 17.0 Å². The van der Waals surface area contributed by atoms with Gasteiger partial charge in [-0.3, -0.25) is 19.7 Å². The fraction of sp³-hybridized carbons (Fsp3) is 0.0417. The molecule has 0 amide bonds. The Hall–Kier alpha value is -4.09. The zero-order chi connectivity index (χ0) is 26.0. The third kappa shape index (κ3) is 5.11. The summed E-state index contributed by atoms with van der Waals surface area (Å²) in [7, 11) is -4.24. The van der Waals surface area contributed by atoms with E-state index >= 15 is 0 Å². The molecule has 0 aliphatic carbocycles. The Morgan fingerprint density at radius 3 is 2.03 bits per heavy atom. The van der Waals surface area contributed by atoms with Crippen LogP contribution in [-0.4, -0.2) is 31.7 Å². The molecule has 4 N–H and O–H groups in total. The molecule has 0 saturated carbocycles. The summed E-state index contributed by atoms with van der Waals surface area (Å²) < 4.78 is 54.8. The molecule has 0 saturated heterocycles. The second-order valence-electron chi connectivity index (χ2n) is 7.61. The van der Waals surface area contributed by atoms with Crippen LogP contribution in [0.2, 0.25) is 0 Å². The van der Waals surface area contributed by atoms with Crippen LogP contribution < -0.4 is 15.4 Å². The fourth-order valence-electron chi connectivity index (χ4n) is 3.48. The molecular weight excluding hydrogens is 514 g/mol. The van der Waals surface area contributed by atoms with Gasteiger partial charge in [0.2, 0.25) is 11.6 Å². The van der Waals surface area contributed by atoms with Gasteiger partial charge in [0.15, 0.2) is 0 Å². The summed E-state index contributed by atoms with van der Waals surface area (Å²) in [5, 5.41) is 13.3. The molecule has 0 fully saturated rings. The molecule has 184 valence electrons. The van der Waals surface area contributed by atoms with Gasteiger partial charge in [0.05, 0.1) is 22.2 Å². The minimum absolute atomic E-state index is 0.0360. The van der Waals surface area contributed by atoms with Crippen LogP contribution in [0.3, 0.4) is 0 Å². The summed E-state index contributed by atoms with van der Waals surface area (Å²) in [4.78, 5) is 26.6. The lowest BCUT2D eigenvalue weighted by Gasteiger charge is -2.13. The molecule has 0 atom stereocenters. The van der Waals surface area contributed by atoms with E-state index in [1.165, 1.54) is 18.2 Å². The second-order valence-corrected chi connectivity index (χ2v) is 9.56. The smallest absolute Gasteiger partial charge is 0.262 e. The van der Waals surface area contributed by atoms with Crippen molar-refractivity contribution in [2.24, 2.45) is 0 Å². The van der Waals surface area contributed by atoms with Crippen LogP contribution in [0.1, 0.15) is 20.7 Å². The molecule has 0 radical (unpaired) electrons. The lowest BCUT2D eigenvalue weighted by Crippen LogP contribution is -2.31. The van der Waals surface area contributed by atoms with Crippen LogP contribution in [0.15, 0.2) is 83.0 Å². The first-order chi connectivity index (χ1) is 17.1. The van der Waals surface area contributed by atoms with Gasteiger partial charge in [-0.2, -0.15) is 0 Å². The number of benzene rings is 3. The van der Waals surface area contributed by atoms with Crippen LogP contribution in [0.5, 0.6) is 0 Å². The summed E-state index contributed by atoms with van der Waals surface area (Å²) in [5.74, 6) is -4.81. The largest absolute Gasteiger partial charge is 0.339 e. The van der Waals surface area contributed by atoms with Gasteiger partial charge in [-0.15, -0.1) is 11.6 Å². The minimum atomic E-state index is -4.24. The first kappa shape index (κ1) is 25.0. The van der Waals surface area contributed by atoms with Crippen LogP contribution in [-0.2, 0) is 10.0 Å². The number of rotatable bonds is 7. The molecular formula is C24H17ClF2N4O4S. The number of halogens is 3. The molecule has 1 aliphatic heterocycles. The number of hydrogen-bond donors (Lipinski definition) is 4. The number of carbonyl (C=O) groups excluding carboxylic acids is 2. The minimum Gasteiger partial charge on any atom is -0.339 e. The van der Waals surface area contributed by atoms with E-state index < -0.39 is 50.2 Å². The van der Waals surface area contributed by atoms with E-state index in [0.29, 0.717) is 17.4 Å². The van der Waals surface area contributed by atoms with Crippen molar-refractivity contribution in [1.82, 2.24) is 4.72 Å². The van der Waals surface area contributed by atoms with Crippen molar-refractivity contribution in [3.8, 4) is 0 Å². The topological polar surface area (TPSA) is 128 Å². The molecule has 4 rings (SSSR count). The Balaban J connectivity index is 1.81. The number of fused-ring (bicyclic) bond motifs is 1. The summed E-state index contributed by atoms with van der Waals surface area (Å²) in [6.45, 7) is 0. The van der Waals surface area contributed by atoms with Gasteiger partial charge in [-0.05, 0) is 36.4 Å². The maximum atomic E-state index is 13.9. The summed E-state index contributed by atoms with van der Waals surface area (Å²) in [6.07, 6.45) is 0. The number of Topliss-reactive ketones (excluding diaryl/α,β-unsaturated/α-hetero) is 2. The third-order valence-corrected chi connectivity index (χ3v) is 6.73. The maximum Gasteiger partial charge on any atom is 0.262 e. The highest BCUT2D eigenvalue weighted by Gasteiger charge is 2.30. The molecule has 36 heavy (non-hydrogen) atoms. The number of hydrogen-bond acceptors (Lipinski definition) is 7. The number of alkyl halides is 1. The molecule has 0 unspecified atom stereocenters. The highest BCUT2D eigenvalue weighted by Crippen LogP contribution is 2.33.